The summed E-state index contributed by atoms with van der Waals surface area (Å²) in [5, 5.41) is 10.3. The normalized spacial score (nSPS) is 27.3. The molecule has 0 saturated carbocycles. The van der Waals surface area contributed by atoms with Gasteiger partial charge in [-0.15, -0.1) is 6.58 Å². The molecule has 2 nitrogen and oxygen atoms in total. The quantitative estimate of drug-likeness (QED) is 0.501. The number of rotatable bonds is 9. The lowest BCUT2D eigenvalue weighted by molar-refractivity contribution is 0.0845. The van der Waals surface area contributed by atoms with Crippen LogP contribution >= 0.6 is 0 Å². The molecular weight excluding hydrogens is 224 g/mol. The van der Waals surface area contributed by atoms with Crippen molar-refractivity contribution >= 4 is 0 Å². The van der Waals surface area contributed by atoms with Crippen LogP contribution < -0.4 is 0 Å². The van der Waals surface area contributed by atoms with E-state index in [2.05, 4.69) is 33.9 Å². The third kappa shape index (κ3) is 4.25. The van der Waals surface area contributed by atoms with Crippen LogP contribution in [0.25, 0.3) is 0 Å². The van der Waals surface area contributed by atoms with E-state index >= 15 is 0 Å². The molecule has 0 unspecified atom stereocenters. The summed E-state index contributed by atoms with van der Waals surface area (Å²) < 4.78 is 5.66. The Balaban J connectivity index is 2.35. The zero-order chi connectivity index (χ0) is 13.7. The monoisotopic (exact) mass is 252 g/mol. The van der Waals surface area contributed by atoms with Crippen molar-refractivity contribution in [3.05, 3.63) is 24.8 Å². The Kier molecular flexibility index (Phi) is 6.10. The molecule has 1 heterocycles. The Morgan fingerprint density at radius 3 is 2.61 bits per heavy atom. The Morgan fingerprint density at radius 1 is 1.39 bits per heavy atom. The Labute approximate surface area is 112 Å². The zero-order valence-electron chi connectivity index (χ0n) is 12.1. The van der Waals surface area contributed by atoms with Gasteiger partial charge in [-0.1, -0.05) is 45.4 Å². The van der Waals surface area contributed by atoms with Crippen LogP contribution in [0.15, 0.2) is 24.8 Å². The first-order valence-electron chi connectivity index (χ1n) is 7.12. The molecule has 1 rings (SSSR count). The van der Waals surface area contributed by atoms with E-state index < -0.39 is 0 Å². The molecule has 0 aromatic carbocycles. The minimum atomic E-state index is -0.365. The SMILES string of the molecule is C=CCC(=C)C[C@H](C)[C@H](O)[C@@H]1O[C@H]1[C@@H](C)CCC. The Hall–Kier alpha value is -0.600. The lowest BCUT2D eigenvalue weighted by Gasteiger charge is -2.18. The highest BCUT2D eigenvalue weighted by Gasteiger charge is 2.48. The smallest absolute Gasteiger partial charge is 0.110 e. The highest BCUT2D eigenvalue weighted by Crippen LogP contribution is 2.37. The van der Waals surface area contributed by atoms with E-state index in [1.165, 1.54) is 12.8 Å². The second-order valence-electron chi connectivity index (χ2n) is 5.75. The lowest BCUT2D eigenvalue weighted by atomic mass is 9.89. The van der Waals surface area contributed by atoms with Crippen LogP contribution in [0.2, 0.25) is 0 Å². The topological polar surface area (TPSA) is 32.8 Å². The van der Waals surface area contributed by atoms with Crippen molar-refractivity contribution in [2.75, 3.05) is 0 Å². The number of hydrogen-bond acceptors (Lipinski definition) is 2. The molecular formula is C16H28O2. The minimum Gasteiger partial charge on any atom is -0.390 e. The third-order valence-corrected chi connectivity index (χ3v) is 3.83. The molecule has 1 N–H and O–H groups in total. The maximum Gasteiger partial charge on any atom is 0.110 e. The maximum absolute atomic E-state index is 10.3. The Morgan fingerprint density at radius 2 is 2.06 bits per heavy atom. The van der Waals surface area contributed by atoms with Crippen LogP contribution in [0.3, 0.4) is 0 Å². The van der Waals surface area contributed by atoms with Gasteiger partial charge in [0.1, 0.15) is 6.10 Å². The largest absolute Gasteiger partial charge is 0.390 e. The van der Waals surface area contributed by atoms with Gasteiger partial charge in [0.15, 0.2) is 0 Å². The molecule has 104 valence electrons. The van der Waals surface area contributed by atoms with E-state index in [0.29, 0.717) is 5.92 Å². The fourth-order valence-corrected chi connectivity index (χ4v) is 2.68. The van der Waals surface area contributed by atoms with E-state index in [4.69, 9.17) is 4.74 Å². The molecule has 0 bridgehead atoms. The summed E-state index contributed by atoms with van der Waals surface area (Å²) in [6.07, 6.45) is 5.83. The fraction of sp³-hybridized carbons (Fsp3) is 0.750. The van der Waals surface area contributed by atoms with Crippen LogP contribution in [-0.4, -0.2) is 23.4 Å². The molecule has 1 saturated heterocycles. The van der Waals surface area contributed by atoms with E-state index in [1.807, 2.05) is 6.08 Å². The summed E-state index contributed by atoms with van der Waals surface area (Å²) in [6.45, 7) is 14.2. The van der Waals surface area contributed by atoms with Crippen LogP contribution in [0.1, 0.15) is 46.5 Å². The average Bonchev–Trinajstić information content (AvgIpc) is 3.08. The van der Waals surface area contributed by atoms with Crippen LogP contribution in [0.5, 0.6) is 0 Å². The molecule has 0 aliphatic carbocycles. The molecule has 1 aliphatic rings. The lowest BCUT2D eigenvalue weighted by Crippen LogP contribution is -2.27. The molecule has 1 aliphatic heterocycles. The standard InChI is InChI=1S/C16H28O2/c1-6-8-11(3)10-13(5)14(17)16-15(18-16)12(4)9-7-2/h6,12-17H,1,3,7-10H2,2,4-5H3/t12-,13-,14-,15-,16-/m0/s1. The number of epoxide rings is 1. The first-order chi connectivity index (χ1) is 8.51. The maximum atomic E-state index is 10.3. The predicted octanol–water partition coefficient (Wildman–Crippen LogP) is 3.71. The van der Waals surface area contributed by atoms with Crippen molar-refractivity contribution in [3.63, 3.8) is 0 Å². The van der Waals surface area contributed by atoms with E-state index in [0.717, 1.165) is 18.4 Å². The summed E-state index contributed by atoms with van der Waals surface area (Å²) in [5.41, 5.74) is 1.13. The van der Waals surface area contributed by atoms with Crippen molar-refractivity contribution in [1.29, 1.82) is 0 Å². The van der Waals surface area contributed by atoms with Crippen LogP contribution in [-0.2, 0) is 4.74 Å². The van der Waals surface area contributed by atoms with Gasteiger partial charge in [0, 0.05) is 0 Å². The highest BCUT2D eigenvalue weighted by atomic mass is 16.6. The second kappa shape index (κ2) is 7.10. The van der Waals surface area contributed by atoms with Gasteiger partial charge in [0.25, 0.3) is 0 Å². The highest BCUT2D eigenvalue weighted by molar-refractivity contribution is 5.04. The van der Waals surface area contributed by atoms with Crippen molar-refractivity contribution in [3.8, 4) is 0 Å². The molecule has 5 atom stereocenters. The van der Waals surface area contributed by atoms with Gasteiger partial charge in [-0.25, -0.2) is 0 Å². The molecule has 2 heteroatoms. The zero-order valence-corrected chi connectivity index (χ0v) is 12.1. The third-order valence-electron chi connectivity index (χ3n) is 3.83. The van der Waals surface area contributed by atoms with Gasteiger partial charge in [0.05, 0.1) is 12.2 Å². The molecule has 1 fully saturated rings. The van der Waals surface area contributed by atoms with Crippen molar-refractivity contribution in [2.45, 2.75) is 64.8 Å². The molecule has 18 heavy (non-hydrogen) atoms. The minimum absolute atomic E-state index is 0.0399. The molecule has 0 radical (unpaired) electrons. The van der Waals surface area contributed by atoms with E-state index in [1.54, 1.807) is 0 Å². The second-order valence-corrected chi connectivity index (χ2v) is 5.75. The van der Waals surface area contributed by atoms with Gasteiger partial charge in [-0.3, -0.25) is 0 Å². The van der Waals surface area contributed by atoms with E-state index in [9.17, 15) is 5.11 Å². The molecule has 0 amide bonds. The van der Waals surface area contributed by atoms with Gasteiger partial charge in [-0.2, -0.15) is 0 Å². The predicted molar refractivity (Wildman–Crippen MR) is 76.5 cm³/mol. The summed E-state index contributed by atoms with van der Waals surface area (Å²) in [5.74, 6) is 0.763. The number of aliphatic hydroxyl groups excluding tert-OH is 1. The van der Waals surface area contributed by atoms with Gasteiger partial charge in [0.2, 0.25) is 0 Å². The van der Waals surface area contributed by atoms with E-state index in [-0.39, 0.29) is 24.2 Å². The fourth-order valence-electron chi connectivity index (χ4n) is 2.68. The average molecular weight is 252 g/mol. The first kappa shape index (κ1) is 15.5. The van der Waals surface area contributed by atoms with Crippen molar-refractivity contribution < 1.29 is 9.84 Å². The summed E-state index contributed by atoms with van der Waals surface area (Å²) in [4.78, 5) is 0. The van der Waals surface area contributed by atoms with Crippen LogP contribution in [0, 0.1) is 11.8 Å². The number of aliphatic hydroxyl groups is 1. The summed E-state index contributed by atoms with van der Waals surface area (Å²) in [7, 11) is 0. The number of hydrogen-bond donors (Lipinski definition) is 1. The molecule has 0 aromatic heterocycles. The molecule has 0 spiro atoms. The summed E-state index contributed by atoms with van der Waals surface area (Å²) in [6, 6.07) is 0. The van der Waals surface area contributed by atoms with Crippen molar-refractivity contribution in [2.24, 2.45) is 11.8 Å². The molecule has 0 aromatic rings. The van der Waals surface area contributed by atoms with Gasteiger partial charge < -0.3 is 9.84 Å². The summed E-state index contributed by atoms with van der Waals surface area (Å²) >= 11 is 0. The first-order valence-corrected chi connectivity index (χ1v) is 7.12. The van der Waals surface area contributed by atoms with Gasteiger partial charge in [-0.05, 0) is 31.1 Å². The number of allylic oxidation sites excluding steroid dienone is 2. The van der Waals surface area contributed by atoms with Crippen LogP contribution in [0.4, 0.5) is 0 Å². The van der Waals surface area contributed by atoms with Gasteiger partial charge >= 0.3 is 0 Å². The van der Waals surface area contributed by atoms with Crippen molar-refractivity contribution in [1.82, 2.24) is 0 Å². The Bertz CT molecular complexity index is 285. The number of ether oxygens (including phenoxy) is 1.